The Labute approximate surface area is 129 Å². The predicted octanol–water partition coefficient (Wildman–Crippen LogP) is 3.75. The molecule has 0 aliphatic heterocycles. The molecule has 3 rings (SSSR count). The number of hydrogen-bond donors (Lipinski definition) is 1. The molecule has 1 aliphatic rings. The molecule has 1 fully saturated rings. The first-order valence-corrected chi connectivity index (χ1v) is 9.29. The van der Waals surface area contributed by atoms with Gasteiger partial charge < -0.3 is 0 Å². The molecule has 0 amide bonds. The third-order valence-electron chi connectivity index (χ3n) is 3.61. The monoisotopic (exact) mass is 322 g/mol. The molecule has 0 saturated heterocycles. The molecule has 1 heterocycles. The first-order valence-electron chi connectivity index (χ1n) is 6.93. The molecule has 2 aromatic rings. The van der Waals surface area contributed by atoms with Crippen LogP contribution in [0.3, 0.4) is 0 Å². The Balaban J connectivity index is 1.92. The number of sulfonamides is 1. The Morgan fingerprint density at radius 2 is 1.81 bits per heavy atom. The van der Waals surface area contributed by atoms with E-state index >= 15 is 0 Å². The van der Waals surface area contributed by atoms with E-state index in [-0.39, 0.29) is 0 Å². The van der Waals surface area contributed by atoms with Crippen molar-refractivity contribution < 1.29 is 8.42 Å². The standard InChI is InChI=1S/C15H18N2O2S2/c1-9-6-10(2)14(11(3)7-9)21(18,19)17-15-16-13(8-20-15)12-4-5-12/h6-8,12H,4-5H2,1-3H3,(H,16,17). The van der Waals surface area contributed by atoms with Gasteiger partial charge in [-0.05, 0) is 44.7 Å². The van der Waals surface area contributed by atoms with E-state index in [1.807, 2.05) is 38.3 Å². The maximum absolute atomic E-state index is 12.6. The summed E-state index contributed by atoms with van der Waals surface area (Å²) in [6.07, 6.45) is 2.32. The first kappa shape index (κ1) is 14.5. The number of rotatable bonds is 4. The minimum absolute atomic E-state index is 0.358. The van der Waals surface area contributed by atoms with Crippen LogP contribution in [-0.4, -0.2) is 13.4 Å². The number of nitrogens with zero attached hydrogens (tertiary/aromatic N) is 1. The molecule has 0 bridgehead atoms. The van der Waals surface area contributed by atoms with Gasteiger partial charge in [0.1, 0.15) is 0 Å². The molecule has 1 N–H and O–H groups in total. The predicted molar refractivity (Wildman–Crippen MR) is 85.6 cm³/mol. The average Bonchev–Trinajstić information content (AvgIpc) is 3.09. The molecule has 4 nitrogen and oxygen atoms in total. The van der Waals surface area contributed by atoms with Crippen LogP contribution >= 0.6 is 11.3 Å². The highest BCUT2D eigenvalue weighted by atomic mass is 32.2. The van der Waals surface area contributed by atoms with E-state index < -0.39 is 10.0 Å². The number of hydrogen-bond acceptors (Lipinski definition) is 4. The van der Waals surface area contributed by atoms with Crippen molar-refractivity contribution >= 4 is 26.5 Å². The second-order valence-electron chi connectivity index (χ2n) is 5.69. The topological polar surface area (TPSA) is 59.1 Å². The van der Waals surface area contributed by atoms with Crippen LogP contribution in [-0.2, 0) is 10.0 Å². The molecular formula is C15H18N2O2S2. The van der Waals surface area contributed by atoms with Crippen molar-refractivity contribution in [3.05, 3.63) is 39.9 Å². The summed E-state index contributed by atoms with van der Waals surface area (Å²) in [5.41, 5.74) is 3.60. The number of benzene rings is 1. The molecule has 0 atom stereocenters. The summed E-state index contributed by atoms with van der Waals surface area (Å²) in [6, 6.07) is 3.78. The summed E-state index contributed by atoms with van der Waals surface area (Å²) in [7, 11) is -3.59. The van der Waals surface area contributed by atoms with E-state index in [0.29, 0.717) is 15.9 Å². The lowest BCUT2D eigenvalue weighted by atomic mass is 10.1. The number of thiazole rings is 1. The largest absolute Gasteiger partial charge is 0.264 e. The molecule has 6 heteroatoms. The fourth-order valence-corrected chi connectivity index (χ4v) is 5.16. The van der Waals surface area contributed by atoms with Gasteiger partial charge in [-0.2, -0.15) is 0 Å². The van der Waals surface area contributed by atoms with E-state index in [1.165, 1.54) is 11.3 Å². The quantitative estimate of drug-likeness (QED) is 0.932. The summed E-state index contributed by atoms with van der Waals surface area (Å²) in [4.78, 5) is 4.75. The lowest BCUT2D eigenvalue weighted by Gasteiger charge is -2.12. The van der Waals surface area contributed by atoms with Gasteiger partial charge in [-0.15, -0.1) is 11.3 Å². The van der Waals surface area contributed by atoms with Crippen LogP contribution in [0, 0.1) is 20.8 Å². The smallest absolute Gasteiger partial charge is 0.255 e. The highest BCUT2D eigenvalue weighted by Crippen LogP contribution is 2.41. The Kier molecular flexibility index (Phi) is 3.53. The van der Waals surface area contributed by atoms with E-state index in [1.54, 1.807) is 0 Å². The van der Waals surface area contributed by atoms with Crippen LogP contribution in [0.25, 0.3) is 0 Å². The van der Waals surface area contributed by atoms with Crippen molar-refractivity contribution in [2.45, 2.75) is 44.4 Å². The van der Waals surface area contributed by atoms with Gasteiger partial charge in [-0.1, -0.05) is 17.7 Å². The molecule has 1 aliphatic carbocycles. The van der Waals surface area contributed by atoms with Crippen molar-refractivity contribution in [1.29, 1.82) is 0 Å². The van der Waals surface area contributed by atoms with E-state index in [4.69, 9.17) is 0 Å². The summed E-state index contributed by atoms with van der Waals surface area (Å²) >= 11 is 1.35. The van der Waals surface area contributed by atoms with Gasteiger partial charge in [0, 0.05) is 11.3 Å². The van der Waals surface area contributed by atoms with E-state index in [2.05, 4.69) is 9.71 Å². The average molecular weight is 322 g/mol. The highest BCUT2D eigenvalue weighted by molar-refractivity contribution is 7.93. The molecule has 0 radical (unpaired) electrons. The van der Waals surface area contributed by atoms with Crippen LogP contribution in [0.1, 0.15) is 41.1 Å². The van der Waals surface area contributed by atoms with Gasteiger partial charge in [0.25, 0.3) is 10.0 Å². The zero-order chi connectivity index (χ0) is 15.2. The van der Waals surface area contributed by atoms with Gasteiger partial charge >= 0.3 is 0 Å². The maximum atomic E-state index is 12.6. The third kappa shape index (κ3) is 2.96. The maximum Gasteiger partial charge on any atom is 0.264 e. The van der Waals surface area contributed by atoms with Crippen LogP contribution in [0.5, 0.6) is 0 Å². The van der Waals surface area contributed by atoms with E-state index in [9.17, 15) is 8.42 Å². The number of aromatic nitrogens is 1. The molecule has 112 valence electrons. The summed E-state index contributed by atoms with van der Waals surface area (Å²) in [5, 5.41) is 2.40. The van der Waals surface area contributed by atoms with Crippen LogP contribution in [0.15, 0.2) is 22.4 Å². The zero-order valence-electron chi connectivity index (χ0n) is 12.3. The third-order valence-corrected chi connectivity index (χ3v) is 6.16. The van der Waals surface area contributed by atoms with Gasteiger partial charge in [-0.3, -0.25) is 4.72 Å². The molecule has 1 aromatic carbocycles. The highest BCUT2D eigenvalue weighted by Gasteiger charge is 2.27. The number of nitrogens with one attached hydrogen (secondary N) is 1. The van der Waals surface area contributed by atoms with Gasteiger partial charge in [-0.25, -0.2) is 13.4 Å². The van der Waals surface area contributed by atoms with Crippen molar-refractivity contribution in [2.24, 2.45) is 0 Å². The molecular weight excluding hydrogens is 304 g/mol. The Morgan fingerprint density at radius 3 is 2.38 bits per heavy atom. The fraction of sp³-hybridized carbons (Fsp3) is 0.400. The SMILES string of the molecule is Cc1cc(C)c(S(=O)(=O)Nc2nc(C3CC3)cs2)c(C)c1. The second kappa shape index (κ2) is 5.10. The van der Waals surface area contributed by atoms with Gasteiger partial charge in [0.2, 0.25) is 0 Å². The number of aryl methyl sites for hydroxylation is 3. The van der Waals surface area contributed by atoms with Crippen molar-refractivity contribution in [3.63, 3.8) is 0 Å². The molecule has 21 heavy (non-hydrogen) atoms. The minimum atomic E-state index is -3.59. The van der Waals surface area contributed by atoms with Crippen molar-refractivity contribution in [2.75, 3.05) is 4.72 Å². The lowest BCUT2D eigenvalue weighted by Crippen LogP contribution is -2.15. The van der Waals surface area contributed by atoms with Gasteiger partial charge in [0.05, 0.1) is 10.6 Å². The molecule has 1 saturated carbocycles. The molecule has 1 aromatic heterocycles. The summed E-state index contributed by atoms with van der Waals surface area (Å²) in [5.74, 6) is 0.530. The Bertz CT molecular complexity index is 767. The Morgan fingerprint density at radius 1 is 1.19 bits per heavy atom. The van der Waals surface area contributed by atoms with Crippen molar-refractivity contribution in [1.82, 2.24) is 4.98 Å². The second-order valence-corrected chi connectivity index (χ2v) is 8.16. The molecule has 0 unspecified atom stereocenters. The minimum Gasteiger partial charge on any atom is -0.255 e. The van der Waals surface area contributed by atoms with Crippen LogP contribution < -0.4 is 4.72 Å². The van der Waals surface area contributed by atoms with Crippen LogP contribution in [0.4, 0.5) is 5.13 Å². The first-order chi connectivity index (χ1) is 9.87. The number of anilines is 1. The normalized spacial score (nSPS) is 15.2. The molecule has 0 spiro atoms. The zero-order valence-corrected chi connectivity index (χ0v) is 13.9. The summed E-state index contributed by atoms with van der Waals surface area (Å²) in [6.45, 7) is 5.62. The van der Waals surface area contributed by atoms with Crippen LogP contribution in [0.2, 0.25) is 0 Å². The van der Waals surface area contributed by atoms with Gasteiger partial charge in [0.15, 0.2) is 5.13 Å². The van der Waals surface area contributed by atoms with E-state index in [0.717, 1.165) is 35.2 Å². The Hall–Kier alpha value is -1.40. The fourth-order valence-electron chi connectivity index (χ4n) is 2.66. The summed E-state index contributed by atoms with van der Waals surface area (Å²) < 4.78 is 27.8. The lowest BCUT2D eigenvalue weighted by molar-refractivity contribution is 0.600. The van der Waals surface area contributed by atoms with Crippen molar-refractivity contribution in [3.8, 4) is 0 Å².